The van der Waals surface area contributed by atoms with Crippen molar-refractivity contribution >= 4 is 27.4 Å². The summed E-state index contributed by atoms with van der Waals surface area (Å²) in [6.07, 6.45) is 0.132. The van der Waals surface area contributed by atoms with Crippen LogP contribution >= 0.6 is 0 Å². The minimum absolute atomic E-state index is 0.0414. The fraction of sp³-hybridized carbons (Fsp3) is 0.450. The zero-order valence-corrected chi connectivity index (χ0v) is 18.2. The smallest absolute Gasteiger partial charge is 0.246 e. The van der Waals surface area contributed by atoms with Crippen LogP contribution in [0.3, 0.4) is 0 Å². The molecule has 1 aliphatic heterocycles. The molecule has 2 heterocycles. The Hall–Kier alpha value is -2.56. The first-order chi connectivity index (χ1) is 14.2. The summed E-state index contributed by atoms with van der Waals surface area (Å²) in [7, 11) is -3.66. The first-order valence-electron chi connectivity index (χ1n) is 9.73. The number of carbonyl (C=O) groups excluding carboxylic acids is 2. The summed E-state index contributed by atoms with van der Waals surface area (Å²) in [5.74, 6) is -0.268. The number of nitrogens with zero attached hydrogens (tertiary/aromatic N) is 3. The van der Waals surface area contributed by atoms with Gasteiger partial charge < -0.3 is 10.1 Å². The van der Waals surface area contributed by atoms with Crippen LogP contribution in [0.15, 0.2) is 29.2 Å². The largest absolute Gasteiger partial charge is 0.379 e. The minimum Gasteiger partial charge on any atom is -0.379 e. The van der Waals surface area contributed by atoms with Gasteiger partial charge in [-0.1, -0.05) is 0 Å². The van der Waals surface area contributed by atoms with Crippen molar-refractivity contribution in [1.29, 1.82) is 0 Å². The molecule has 10 heteroatoms. The summed E-state index contributed by atoms with van der Waals surface area (Å²) >= 11 is 0. The Bertz CT molecular complexity index is 1040. The van der Waals surface area contributed by atoms with E-state index in [-0.39, 0.29) is 29.6 Å². The lowest BCUT2D eigenvalue weighted by Crippen LogP contribution is -2.41. The average molecular weight is 435 g/mol. The third-order valence-electron chi connectivity index (χ3n) is 5.01. The molecule has 1 saturated heterocycles. The molecule has 0 atom stereocenters. The molecule has 1 aromatic carbocycles. The summed E-state index contributed by atoms with van der Waals surface area (Å²) < 4.78 is 34.2. The number of hydrogen-bond acceptors (Lipinski definition) is 6. The van der Waals surface area contributed by atoms with E-state index >= 15 is 0 Å². The number of Topliss-reactive ketones (excluding diaryl/α,β-unsaturated/α-hetero) is 1. The number of nitrogens with one attached hydrogen (secondary N) is 1. The molecule has 1 fully saturated rings. The van der Waals surface area contributed by atoms with E-state index in [9.17, 15) is 18.0 Å². The molecule has 162 valence electrons. The third kappa shape index (κ3) is 4.77. The van der Waals surface area contributed by atoms with Crippen LogP contribution in [0.25, 0.3) is 0 Å². The number of aromatic nitrogens is 2. The predicted octanol–water partition coefficient (Wildman–Crippen LogP) is 1.75. The zero-order valence-electron chi connectivity index (χ0n) is 17.3. The van der Waals surface area contributed by atoms with Gasteiger partial charge in [-0.05, 0) is 45.0 Å². The van der Waals surface area contributed by atoms with E-state index in [0.29, 0.717) is 48.9 Å². The molecule has 0 aliphatic carbocycles. The molecule has 9 nitrogen and oxygen atoms in total. The zero-order chi connectivity index (χ0) is 21.9. The predicted molar refractivity (Wildman–Crippen MR) is 111 cm³/mol. The van der Waals surface area contributed by atoms with Gasteiger partial charge in [0.15, 0.2) is 5.78 Å². The van der Waals surface area contributed by atoms with Gasteiger partial charge in [0.1, 0.15) is 4.90 Å². The SMILES string of the molecule is CC(=O)c1ccc(NC(=O)CCn2nc(C)c(S(=O)(=O)N3CCOCC3)c2C)cc1. The van der Waals surface area contributed by atoms with Gasteiger partial charge in [-0.15, -0.1) is 0 Å². The van der Waals surface area contributed by atoms with E-state index in [1.54, 1.807) is 42.8 Å². The molecule has 1 aliphatic rings. The van der Waals surface area contributed by atoms with Crippen molar-refractivity contribution in [1.82, 2.24) is 14.1 Å². The van der Waals surface area contributed by atoms with Gasteiger partial charge in [-0.25, -0.2) is 8.42 Å². The Morgan fingerprint density at radius 2 is 1.77 bits per heavy atom. The van der Waals surface area contributed by atoms with Crippen molar-refractivity contribution in [2.45, 2.75) is 38.6 Å². The first kappa shape index (κ1) is 22.1. The second-order valence-corrected chi connectivity index (χ2v) is 9.05. The van der Waals surface area contributed by atoms with Gasteiger partial charge in [0.2, 0.25) is 15.9 Å². The summed E-state index contributed by atoms with van der Waals surface area (Å²) in [4.78, 5) is 23.8. The van der Waals surface area contributed by atoms with Crippen molar-refractivity contribution in [3.05, 3.63) is 41.2 Å². The number of sulfonamides is 1. The van der Waals surface area contributed by atoms with Gasteiger partial charge in [-0.3, -0.25) is 14.3 Å². The van der Waals surface area contributed by atoms with Gasteiger partial charge in [0, 0.05) is 30.8 Å². The Morgan fingerprint density at radius 1 is 1.13 bits per heavy atom. The number of benzene rings is 1. The minimum atomic E-state index is -3.66. The number of amides is 1. The fourth-order valence-electron chi connectivity index (χ4n) is 3.41. The van der Waals surface area contributed by atoms with Crippen LogP contribution in [0, 0.1) is 13.8 Å². The van der Waals surface area contributed by atoms with Crippen molar-refractivity contribution in [2.24, 2.45) is 0 Å². The fourth-order valence-corrected chi connectivity index (χ4v) is 5.19. The molecular formula is C20H26N4O5S. The lowest BCUT2D eigenvalue weighted by molar-refractivity contribution is -0.116. The highest BCUT2D eigenvalue weighted by Gasteiger charge is 2.32. The number of anilines is 1. The second kappa shape index (κ2) is 9.07. The van der Waals surface area contributed by atoms with Crippen LogP contribution in [-0.2, 0) is 26.1 Å². The lowest BCUT2D eigenvalue weighted by Gasteiger charge is -2.26. The highest BCUT2D eigenvalue weighted by Crippen LogP contribution is 2.24. The monoisotopic (exact) mass is 434 g/mol. The van der Waals surface area contributed by atoms with Crippen LogP contribution < -0.4 is 5.32 Å². The molecule has 0 unspecified atom stereocenters. The first-order valence-corrected chi connectivity index (χ1v) is 11.2. The van der Waals surface area contributed by atoms with Crippen LogP contribution in [0.5, 0.6) is 0 Å². The molecule has 1 amide bonds. The van der Waals surface area contributed by atoms with Crippen molar-refractivity contribution in [2.75, 3.05) is 31.6 Å². The lowest BCUT2D eigenvalue weighted by atomic mass is 10.1. The van der Waals surface area contributed by atoms with E-state index in [1.165, 1.54) is 11.2 Å². The van der Waals surface area contributed by atoms with E-state index in [2.05, 4.69) is 10.4 Å². The molecule has 1 N–H and O–H groups in total. The molecule has 30 heavy (non-hydrogen) atoms. The maximum absolute atomic E-state index is 13.0. The summed E-state index contributed by atoms with van der Waals surface area (Å²) in [6, 6.07) is 6.65. The van der Waals surface area contributed by atoms with Crippen LogP contribution in [-0.4, -0.2) is 60.5 Å². The van der Waals surface area contributed by atoms with Crippen LogP contribution in [0.1, 0.15) is 35.1 Å². The van der Waals surface area contributed by atoms with Gasteiger partial charge in [-0.2, -0.15) is 9.40 Å². The summed E-state index contributed by atoms with van der Waals surface area (Å²) in [6.45, 7) is 6.48. The quantitative estimate of drug-likeness (QED) is 0.665. The number of ketones is 1. The van der Waals surface area contributed by atoms with E-state index in [1.807, 2.05) is 0 Å². The third-order valence-corrected chi connectivity index (χ3v) is 7.16. The van der Waals surface area contributed by atoms with Gasteiger partial charge >= 0.3 is 0 Å². The summed E-state index contributed by atoms with van der Waals surface area (Å²) in [5, 5.41) is 7.11. The maximum Gasteiger partial charge on any atom is 0.246 e. The number of ether oxygens (including phenoxy) is 1. The second-order valence-electron chi connectivity index (χ2n) is 7.17. The number of aryl methyl sites for hydroxylation is 2. The van der Waals surface area contributed by atoms with E-state index < -0.39 is 10.0 Å². The standard InChI is InChI=1S/C20H26N4O5S/c1-14-20(30(27,28)23-10-12-29-13-11-23)15(2)24(22-14)9-8-19(26)21-18-6-4-17(5-7-18)16(3)25/h4-7H,8-13H2,1-3H3,(H,21,26). The number of carbonyl (C=O) groups is 2. The summed E-state index contributed by atoms with van der Waals surface area (Å²) in [5.41, 5.74) is 2.09. The molecule has 0 radical (unpaired) electrons. The highest BCUT2D eigenvalue weighted by atomic mass is 32.2. The molecule has 2 aromatic rings. The Kier molecular flexibility index (Phi) is 6.69. The van der Waals surface area contributed by atoms with Gasteiger partial charge in [0.25, 0.3) is 0 Å². The van der Waals surface area contributed by atoms with E-state index in [0.717, 1.165) is 0 Å². The number of morpholine rings is 1. The average Bonchev–Trinajstić information content (AvgIpc) is 3.01. The molecule has 0 bridgehead atoms. The molecule has 1 aromatic heterocycles. The van der Waals surface area contributed by atoms with Crippen molar-refractivity contribution in [3.8, 4) is 0 Å². The molecule has 0 saturated carbocycles. The maximum atomic E-state index is 13.0. The van der Waals surface area contributed by atoms with Crippen molar-refractivity contribution in [3.63, 3.8) is 0 Å². The highest BCUT2D eigenvalue weighted by molar-refractivity contribution is 7.89. The Morgan fingerprint density at radius 3 is 2.37 bits per heavy atom. The van der Waals surface area contributed by atoms with Crippen molar-refractivity contribution < 1.29 is 22.7 Å². The Balaban J connectivity index is 1.66. The molecule has 3 rings (SSSR count). The molecule has 0 spiro atoms. The molecular weight excluding hydrogens is 408 g/mol. The number of rotatable bonds is 7. The number of hydrogen-bond donors (Lipinski definition) is 1. The topological polar surface area (TPSA) is 111 Å². The van der Waals surface area contributed by atoms with E-state index in [4.69, 9.17) is 4.74 Å². The normalized spacial score (nSPS) is 15.2. The Labute approximate surface area is 176 Å². The van der Waals surface area contributed by atoms with Crippen LogP contribution in [0.2, 0.25) is 0 Å². The van der Waals surface area contributed by atoms with Gasteiger partial charge in [0.05, 0.1) is 31.1 Å². The van der Waals surface area contributed by atoms with Crippen LogP contribution in [0.4, 0.5) is 5.69 Å².